The van der Waals surface area contributed by atoms with Crippen molar-refractivity contribution in [2.75, 3.05) is 11.9 Å². The quantitative estimate of drug-likeness (QED) is 0.857. The first-order chi connectivity index (χ1) is 9.11. The standard InChI is InChI=1S/C15H14ClN3/c1-11-7-8-18-15(14(11)9-17)19(2)10-12-3-5-13(16)6-4-12/h3-8H,10H2,1-2H3. The smallest absolute Gasteiger partial charge is 0.146 e. The van der Waals surface area contributed by atoms with Crippen LogP contribution in [0, 0.1) is 18.3 Å². The highest BCUT2D eigenvalue weighted by atomic mass is 35.5. The number of nitrogens with zero attached hydrogens (tertiary/aromatic N) is 3. The van der Waals surface area contributed by atoms with Gasteiger partial charge in [-0.25, -0.2) is 4.98 Å². The van der Waals surface area contributed by atoms with Crippen molar-refractivity contribution < 1.29 is 0 Å². The molecule has 0 saturated heterocycles. The maximum Gasteiger partial charge on any atom is 0.146 e. The minimum Gasteiger partial charge on any atom is -0.354 e. The van der Waals surface area contributed by atoms with Crippen molar-refractivity contribution in [3.63, 3.8) is 0 Å². The van der Waals surface area contributed by atoms with Crippen molar-refractivity contribution in [2.45, 2.75) is 13.5 Å². The molecule has 0 aliphatic heterocycles. The van der Waals surface area contributed by atoms with Gasteiger partial charge in [0, 0.05) is 24.8 Å². The third-order valence-corrected chi connectivity index (χ3v) is 3.20. The number of aromatic nitrogens is 1. The second-order valence-electron chi connectivity index (χ2n) is 4.42. The van der Waals surface area contributed by atoms with Crippen LogP contribution in [0.5, 0.6) is 0 Å². The van der Waals surface area contributed by atoms with E-state index in [1.807, 2.05) is 49.2 Å². The number of aryl methyl sites for hydroxylation is 1. The van der Waals surface area contributed by atoms with E-state index in [-0.39, 0.29) is 0 Å². The largest absolute Gasteiger partial charge is 0.354 e. The fourth-order valence-electron chi connectivity index (χ4n) is 1.91. The molecule has 0 saturated carbocycles. The van der Waals surface area contributed by atoms with E-state index in [1.165, 1.54) is 0 Å². The van der Waals surface area contributed by atoms with Crippen LogP contribution in [0.15, 0.2) is 36.5 Å². The number of hydrogen-bond donors (Lipinski definition) is 0. The van der Waals surface area contributed by atoms with Crippen LogP contribution in [0.4, 0.5) is 5.82 Å². The van der Waals surface area contributed by atoms with Gasteiger partial charge in [-0.3, -0.25) is 0 Å². The zero-order chi connectivity index (χ0) is 13.8. The SMILES string of the molecule is Cc1ccnc(N(C)Cc2ccc(Cl)cc2)c1C#N. The molecule has 0 bridgehead atoms. The first-order valence-electron chi connectivity index (χ1n) is 5.93. The summed E-state index contributed by atoms with van der Waals surface area (Å²) in [6, 6.07) is 11.7. The molecule has 2 aromatic rings. The van der Waals surface area contributed by atoms with Crippen LogP contribution in [0.1, 0.15) is 16.7 Å². The van der Waals surface area contributed by atoms with Crippen molar-refractivity contribution in [1.29, 1.82) is 5.26 Å². The van der Waals surface area contributed by atoms with E-state index in [0.29, 0.717) is 17.9 Å². The van der Waals surface area contributed by atoms with E-state index >= 15 is 0 Å². The lowest BCUT2D eigenvalue weighted by molar-refractivity contribution is 0.893. The lowest BCUT2D eigenvalue weighted by Gasteiger charge is -2.20. The number of nitriles is 1. The molecule has 0 N–H and O–H groups in total. The van der Waals surface area contributed by atoms with Crippen molar-refractivity contribution in [3.8, 4) is 6.07 Å². The summed E-state index contributed by atoms with van der Waals surface area (Å²) in [7, 11) is 1.93. The molecule has 0 amide bonds. The Morgan fingerprint density at radius 3 is 2.58 bits per heavy atom. The third-order valence-electron chi connectivity index (χ3n) is 2.95. The number of halogens is 1. The molecule has 1 heterocycles. The summed E-state index contributed by atoms with van der Waals surface area (Å²) in [5.41, 5.74) is 2.69. The Morgan fingerprint density at radius 2 is 1.95 bits per heavy atom. The summed E-state index contributed by atoms with van der Waals surface area (Å²) in [5.74, 6) is 0.706. The number of rotatable bonds is 3. The Bertz CT molecular complexity index is 614. The van der Waals surface area contributed by atoms with Crippen LogP contribution < -0.4 is 4.90 Å². The number of anilines is 1. The van der Waals surface area contributed by atoms with Gasteiger partial charge in [-0.15, -0.1) is 0 Å². The Labute approximate surface area is 118 Å². The van der Waals surface area contributed by atoms with Crippen LogP contribution >= 0.6 is 11.6 Å². The molecule has 1 aromatic heterocycles. The van der Waals surface area contributed by atoms with Crippen molar-refractivity contribution in [2.24, 2.45) is 0 Å². The minimum absolute atomic E-state index is 0.624. The molecule has 0 atom stereocenters. The Hall–Kier alpha value is -2.05. The van der Waals surface area contributed by atoms with E-state index in [0.717, 1.165) is 16.1 Å². The monoisotopic (exact) mass is 271 g/mol. The van der Waals surface area contributed by atoms with E-state index in [1.54, 1.807) is 6.20 Å². The molecule has 0 unspecified atom stereocenters. The van der Waals surface area contributed by atoms with Gasteiger partial charge in [-0.1, -0.05) is 23.7 Å². The van der Waals surface area contributed by atoms with Gasteiger partial charge in [-0.05, 0) is 36.2 Å². The average molecular weight is 272 g/mol. The summed E-state index contributed by atoms with van der Waals surface area (Å²) in [6.45, 7) is 2.60. The summed E-state index contributed by atoms with van der Waals surface area (Å²) >= 11 is 5.86. The lowest BCUT2D eigenvalue weighted by atomic mass is 10.1. The van der Waals surface area contributed by atoms with Crippen molar-refractivity contribution in [1.82, 2.24) is 4.98 Å². The molecule has 4 heteroatoms. The first-order valence-corrected chi connectivity index (χ1v) is 6.31. The molecule has 0 radical (unpaired) electrons. The van der Waals surface area contributed by atoms with Gasteiger partial charge < -0.3 is 4.90 Å². The fourth-order valence-corrected chi connectivity index (χ4v) is 2.04. The molecular weight excluding hydrogens is 258 g/mol. The predicted molar refractivity (Wildman–Crippen MR) is 77.2 cm³/mol. The third kappa shape index (κ3) is 3.04. The molecule has 1 aromatic carbocycles. The zero-order valence-electron chi connectivity index (χ0n) is 10.9. The molecule has 0 spiro atoms. The lowest BCUT2D eigenvalue weighted by Crippen LogP contribution is -2.19. The molecule has 2 rings (SSSR count). The van der Waals surface area contributed by atoms with E-state index in [2.05, 4.69) is 11.1 Å². The van der Waals surface area contributed by atoms with Gasteiger partial charge in [0.25, 0.3) is 0 Å². The minimum atomic E-state index is 0.624. The summed E-state index contributed by atoms with van der Waals surface area (Å²) in [6.07, 6.45) is 1.73. The summed E-state index contributed by atoms with van der Waals surface area (Å²) in [5, 5.41) is 9.94. The van der Waals surface area contributed by atoms with Gasteiger partial charge in [0.2, 0.25) is 0 Å². The van der Waals surface area contributed by atoms with Crippen molar-refractivity contribution >= 4 is 17.4 Å². The Morgan fingerprint density at radius 1 is 1.26 bits per heavy atom. The van der Waals surface area contributed by atoms with E-state index < -0.39 is 0 Å². The highest BCUT2D eigenvalue weighted by molar-refractivity contribution is 6.30. The van der Waals surface area contributed by atoms with Gasteiger partial charge in [0.15, 0.2) is 0 Å². The van der Waals surface area contributed by atoms with Gasteiger partial charge in [0.1, 0.15) is 11.9 Å². The van der Waals surface area contributed by atoms with Gasteiger partial charge in [-0.2, -0.15) is 5.26 Å². The number of benzene rings is 1. The van der Waals surface area contributed by atoms with Crippen LogP contribution in [0.25, 0.3) is 0 Å². The number of hydrogen-bond acceptors (Lipinski definition) is 3. The zero-order valence-corrected chi connectivity index (χ0v) is 11.6. The van der Waals surface area contributed by atoms with Gasteiger partial charge in [0.05, 0.1) is 5.56 Å². The molecule has 0 aliphatic rings. The summed E-state index contributed by atoms with van der Waals surface area (Å²) < 4.78 is 0. The highest BCUT2D eigenvalue weighted by Crippen LogP contribution is 2.21. The summed E-state index contributed by atoms with van der Waals surface area (Å²) in [4.78, 5) is 6.27. The van der Waals surface area contributed by atoms with Crippen LogP contribution in [0.2, 0.25) is 5.02 Å². The maximum atomic E-state index is 9.22. The average Bonchev–Trinajstić information content (AvgIpc) is 2.41. The molecular formula is C15H14ClN3. The molecule has 19 heavy (non-hydrogen) atoms. The normalized spacial score (nSPS) is 10.0. The van der Waals surface area contributed by atoms with E-state index in [4.69, 9.17) is 11.6 Å². The highest BCUT2D eigenvalue weighted by Gasteiger charge is 2.11. The predicted octanol–water partition coefficient (Wildman–Crippen LogP) is 3.55. The van der Waals surface area contributed by atoms with E-state index in [9.17, 15) is 5.26 Å². The second-order valence-corrected chi connectivity index (χ2v) is 4.86. The molecule has 0 fully saturated rings. The Balaban J connectivity index is 2.25. The van der Waals surface area contributed by atoms with Crippen LogP contribution in [-0.4, -0.2) is 12.0 Å². The first kappa shape index (κ1) is 13.4. The fraction of sp³-hybridized carbons (Fsp3) is 0.200. The molecule has 0 aliphatic carbocycles. The van der Waals surface area contributed by atoms with Crippen LogP contribution in [0.3, 0.4) is 0 Å². The van der Waals surface area contributed by atoms with Gasteiger partial charge >= 0.3 is 0 Å². The number of pyridine rings is 1. The second kappa shape index (κ2) is 5.73. The topological polar surface area (TPSA) is 39.9 Å². The molecule has 3 nitrogen and oxygen atoms in total. The molecule has 96 valence electrons. The van der Waals surface area contributed by atoms with Crippen LogP contribution in [-0.2, 0) is 6.54 Å². The maximum absolute atomic E-state index is 9.22. The Kier molecular flexibility index (Phi) is 4.03. The van der Waals surface area contributed by atoms with Crippen molar-refractivity contribution in [3.05, 3.63) is 58.2 Å².